The number of hydrogen-bond acceptors (Lipinski definition) is 3. The number of carbonyl (C=O) groups is 1. The smallest absolute Gasteiger partial charge is 0.165 e. The van der Waals surface area contributed by atoms with E-state index >= 15 is 0 Å². The molecule has 0 saturated carbocycles. The number of rotatable bonds is 3. The van der Waals surface area contributed by atoms with Crippen molar-refractivity contribution in [2.45, 2.75) is 20.8 Å². The predicted molar refractivity (Wildman–Crippen MR) is 56.8 cm³/mol. The molecule has 0 aliphatic carbocycles. The van der Waals surface area contributed by atoms with Crippen LogP contribution in [0.3, 0.4) is 0 Å². The number of nitrogen functional groups attached to an aromatic ring is 1. The Bertz CT molecular complexity index is 359. The zero-order chi connectivity index (χ0) is 10.7. The molecule has 1 aromatic rings. The fourth-order valence-electron chi connectivity index (χ4n) is 1.34. The van der Waals surface area contributed by atoms with Crippen molar-refractivity contribution < 1.29 is 9.53 Å². The van der Waals surface area contributed by atoms with Gasteiger partial charge in [0.05, 0.1) is 12.2 Å². The van der Waals surface area contributed by atoms with Gasteiger partial charge in [0.1, 0.15) is 5.75 Å². The lowest BCUT2D eigenvalue weighted by Crippen LogP contribution is -2.06. The molecule has 0 aliphatic rings. The van der Waals surface area contributed by atoms with Gasteiger partial charge in [-0.15, -0.1) is 0 Å². The number of ketones is 1. The third-order valence-electron chi connectivity index (χ3n) is 2.08. The third-order valence-corrected chi connectivity index (χ3v) is 2.08. The van der Waals surface area contributed by atoms with E-state index in [1.165, 1.54) is 6.92 Å². The van der Waals surface area contributed by atoms with Crippen LogP contribution in [-0.2, 0) is 0 Å². The fraction of sp³-hybridized carbons (Fsp3) is 0.364. The second-order valence-corrected chi connectivity index (χ2v) is 3.16. The first-order valence-electron chi connectivity index (χ1n) is 4.60. The van der Waals surface area contributed by atoms with Gasteiger partial charge in [0.25, 0.3) is 0 Å². The average molecular weight is 193 g/mol. The molecule has 0 saturated heterocycles. The summed E-state index contributed by atoms with van der Waals surface area (Å²) in [6.07, 6.45) is 0. The molecule has 0 atom stereocenters. The van der Waals surface area contributed by atoms with E-state index in [4.69, 9.17) is 10.5 Å². The molecule has 0 aliphatic heterocycles. The normalized spacial score (nSPS) is 9.93. The second-order valence-electron chi connectivity index (χ2n) is 3.16. The molecule has 0 fully saturated rings. The van der Waals surface area contributed by atoms with Crippen molar-refractivity contribution in [2.75, 3.05) is 12.3 Å². The lowest BCUT2D eigenvalue weighted by atomic mass is 10.0. The van der Waals surface area contributed by atoms with Gasteiger partial charge in [0.2, 0.25) is 0 Å². The van der Waals surface area contributed by atoms with Gasteiger partial charge in [-0.25, -0.2) is 0 Å². The molecule has 76 valence electrons. The van der Waals surface area contributed by atoms with Crippen LogP contribution in [0.1, 0.15) is 29.8 Å². The van der Waals surface area contributed by atoms with E-state index < -0.39 is 0 Å². The van der Waals surface area contributed by atoms with E-state index in [-0.39, 0.29) is 5.78 Å². The van der Waals surface area contributed by atoms with Gasteiger partial charge in [-0.2, -0.15) is 0 Å². The van der Waals surface area contributed by atoms with Gasteiger partial charge in [-0.1, -0.05) is 6.07 Å². The number of nitrogens with two attached hydrogens (primary N) is 1. The number of hydrogen-bond donors (Lipinski definition) is 1. The van der Waals surface area contributed by atoms with Gasteiger partial charge in [0, 0.05) is 5.69 Å². The van der Waals surface area contributed by atoms with Gasteiger partial charge < -0.3 is 10.5 Å². The summed E-state index contributed by atoms with van der Waals surface area (Å²) in [7, 11) is 0. The maximum absolute atomic E-state index is 11.4. The van der Waals surface area contributed by atoms with E-state index in [1.807, 2.05) is 19.9 Å². The van der Waals surface area contributed by atoms with Crippen molar-refractivity contribution in [3.8, 4) is 5.75 Å². The number of aryl methyl sites for hydroxylation is 1. The highest BCUT2D eigenvalue weighted by molar-refractivity contribution is 6.02. The first kappa shape index (κ1) is 10.6. The highest BCUT2D eigenvalue weighted by Crippen LogP contribution is 2.27. The van der Waals surface area contributed by atoms with Crippen molar-refractivity contribution in [1.29, 1.82) is 0 Å². The molecule has 0 heterocycles. The Hall–Kier alpha value is -1.51. The quantitative estimate of drug-likeness (QED) is 0.591. The summed E-state index contributed by atoms with van der Waals surface area (Å²) in [5.74, 6) is 0.512. The van der Waals surface area contributed by atoms with E-state index in [2.05, 4.69) is 0 Å². The minimum atomic E-state index is -0.0605. The Morgan fingerprint density at radius 3 is 2.64 bits per heavy atom. The van der Waals surface area contributed by atoms with Crippen LogP contribution in [0.15, 0.2) is 12.1 Å². The van der Waals surface area contributed by atoms with Gasteiger partial charge in [-0.3, -0.25) is 4.79 Å². The summed E-state index contributed by atoms with van der Waals surface area (Å²) >= 11 is 0. The summed E-state index contributed by atoms with van der Waals surface area (Å²) < 4.78 is 5.33. The highest BCUT2D eigenvalue weighted by Gasteiger charge is 2.13. The van der Waals surface area contributed by atoms with Crippen molar-refractivity contribution in [3.63, 3.8) is 0 Å². The zero-order valence-electron chi connectivity index (χ0n) is 8.76. The summed E-state index contributed by atoms with van der Waals surface area (Å²) in [6, 6.07) is 3.64. The molecule has 0 radical (unpaired) electrons. The second kappa shape index (κ2) is 4.13. The number of anilines is 1. The minimum Gasteiger partial charge on any atom is -0.493 e. The molecule has 0 unspecified atom stereocenters. The first-order chi connectivity index (χ1) is 6.57. The molecule has 1 rings (SSSR count). The van der Waals surface area contributed by atoms with Crippen molar-refractivity contribution in [1.82, 2.24) is 0 Å². The summed E-state index contributed by atoms with van der Waals surface area (Å²) in [4.78, 5) is 11.4. The van der Waals surface area contributed by atoms with Crippen LogP contribution < -0.4 is 10.5 Å². The average Bonchev–Trinajstić information content (AvgIpc) is 2.11. The Morgan fingerprint density at radius 1 is 1.50 bits per heavy atom. The first-order valence-corrected chi connectivity index (χ1v) is 4.60. The molecular formula is C11H15NO2. The molecule has 0 spiro atoms. The van der Waals surface area contributed by atoms with Crippen LogP contribution in [0.5, 0.6) is 5.75 Å². The Kier molecular flexibility index (Phi) is 3.12. The molecule has 14 heavy (non-hydrogen) atoms. The Morgan fingerprint density at radius 2 is 2.14 bits per heavy atom. The van der Waals surface area contributed by atoms with Crippen LogP contribution in [0.4, 0.5) is 5.69 Å². The molecule has 0 aromatic heterocycles. The maximum atomic E-state index is 11.4. The summed E-state index contributed by atoms with van der Waals surface area (Å²) in [6.45, 7) is 5.77. The largest absolute Gasteiger partial charge is 0.493 e. The van der Waals surface area contributed by atoms with Crippen molar-refractivity contribution in [3.05, 3.63) is 23.3 Å². The van der Waals surface area contributed by atoms with E-state index in [0.717, 1.165) is 5.56 Å². The lowest BCUT2D eigenvalue weighted by Gasteiger charge is -2.11. The minimum absolute atomic E-state index is 0.0605. The molecule has 1 aromatic carbocycles. The van der Waals surface area contributed by atoms with Crippen molar-refractivity contribution in [2.24, 2.45) is 0 Å². The SMILES string of the molecule is CCOc1ccc(C)c(N)c1C(C)=O. The van der Waals surface area contributed by atoms with Crippen LogP contribution in [0.25, 0.3) is 0 Å². The molecule has 3 heteroatoms. The zero-order valence-corrected chi connectivity index (χ0v) is 8.76. The standard InChI is InChI=1S/C11H15NO2/c1-4-14-9-6-5-7(2)11(12)10(9)8(3)13/h5-6H,4,12H2,1-3H3. The molecular weight excluding hydrogens is 178 g/mol. The Labute approximate surface area is 83.9 Å². The summed E-state index contributed by atoms with van der Waals surface area (Å²) in [5, 5.41) is 0. The number of carbonyl (C=O) groups excluding carboxylic acids is 1. The van der Waals surface area contributed by atoms with Crippen LogP contribution in [0, 0.1) is 6.92 Å². The van der Waals surface area contributed by atoms with Crippen LogP contribution in [0.2, 0.25) is 0 Å². The third kappa shape index (κ3) is 1.87. The van der Waals surface area contributed by atoms with E-state index in [0.29, 0.717) is 23.6 Å². The maximum Gasteiger partial charge on any atom is 0.165 e. The van der Waals surface area contributed by atoms with Gasteiger partial charge in [0.15, 0.2) is 5.78 Å². The highest BCUT2D eigenvalue weighted by atomic mass is 16.5. The number of benzene rings is 1. The number of Topliss-reactive ketones (excluding diaryl/α,β-unsaturated/α-hetero) is 1. The lowest BCUT2D eigenvalue weighted by molar-refractivity contribution is 0.101. The molecule has 0 bridgehead atoms. The van der Waals surface area contributed by atoms with Gasteiger partial charge >= 0.3 is 0 Å². The van der Waals surface area contributed by atoms with Crippen molar-refractivity contribution >= 4 is 11.5 Å². The molecule has 3 nitrogen and oxygen atoms in total. The fourth-order valence-corrected chi connectivity index (χ4v) is 1.34. The topological polar surface area (TPSA) is 52.3 Å². The predicted octanol–water partition coefficient (Wildman–Crippen LogP) is 2.18. The molecule has 2 N–H and O–H groups in total. The van der Waals surface area contributed by atoms with E-state index in [1.54, 1.807) is 6.07 Å². The summed E-state index contributed by atoms with van der Waals surface area (Å²) in [5.41, 5.74) is 7.72. The number of ether oxygens (including phenoxy) is 1. The Balaban J connectivity index is 3.30. The molecule has 0 amide bonds. The van der Waals surface area contributed by atoms with Crippen LogP contribution in [-0.4, -0.2) is 12.4 Å². The van der Waals surface area contributed by atoms with E-state index in [9.17, 15) is 4.79 Å². The van der Waals surface area contributed by atoms with Gasteiger partial charge in [-0.05, 0) is 32.4 Å². The monoisotopic (exact) mass is 193 g/mol. The van der Waals surface area contributed by atoms with Crippen LogP contribution >= 0.6 is 0 Å².